The SMILES string of the molecule is CCOc1ccc([C@@H]2C(C#N)=C(SCC(=O)N3c4ccccc4C[C@@H]3C)N[C@H]3CCCC(=O)[C@H]32)cc1. The van der Waals surface area contributed by atoms with Crippen molar-refractivity contribution in [2.24, 2.45) is 5.92 Å². The van der Waals surface area contributed by atoms with Crippen LogP contribution in [-0.2, 0) is 16.0 Å². The summed E-state index contributed by atoms with van der Waals surface area (Å²) >= 11 is 1.39. The number of amides is 1. The molecule has 0 bridgehead atoms. The molecule has 7 heteroatoms. The molecule has 1 amide bonds. The van der Waals surface area contributed by atoms with Crippen molar-refractivity contribution < 1.29 is 14.3 Å². The highest BCUT2D eigenvalue weighted by molar-refractivity contribution is 8.03. The van der Waals surface area contributed by atoms with Crippen molar-refractivity contribution >= 4 is 29.1 Å². The summed E-state index contributed by atoms with van der Waals surface area (Å²) in [5.74, 6) is 0.625. The number of ketones is 1. The number of allylic oxidation sites excluding steroid dienone is 1. The van der Waals surface area contributed by atoms with E-state index in [0.717, 1.165) is 41.3 Å². The summed E-state index contributed by atoms with van der Waals surface area (Å²) < 4.78 is 5.59. The molecule has 0 aromatic heterocycles. The van der Waals surface area contributed by atoms with Gasteiger partial charge in [0.15, 0.2) is 0 Å². The van der Waals surface area contributed by atoms with Crippen LogP contribution in [0.3, 0.4) is 0 Å². The Morgan fingerprint density at radius 2 is 2.00 bits per heavy atom. The molecule has 5 rings (SSSR count). The van der Waals surface area contributed by atoms with Crippen LogP contribution >= 0.6 is 11.8 Å². The fourth-order valence-corrected chi connectivity index (χ4v) is 6.88. The number of rotatable bonds is 6. The summed E-state index contributed by atoms with van der Waals surface area (Å²) in [4.78, 5) is 28.3. The summed E-state index contributed by atoms with van der Waals surface area (Å²) in [7, 11) is 0. The number of anilines is 1. The quantitative estimate of drug-likeness (QED) is 0.603. The maximum absolute atomic E-state index is 13.3. The third kappa shape index (κ3) is 4.51. The summed E-state index contributed by atoms with van der Waals surface area (Å²) in [5.41, 5.74) is 3.65. The van der Waals surface area contributed by atoms with Gasteiger partial charge < -0.3 is 15.0 Å². The summed E-state index contributed by atoms with van der Waals surface area (Å²) in [6.07, 6.45) is 3.10. The van der Waals surface area contributed by atoms with Crippen LogP contribution in [0.4, 0.5) is 5.69 Å². The molecule has 36 heavy (non-hydrogen) atoms. The van der Waals surface area contributed by atoms with Crippen molar-refractivity contribution in [3.63, 3.8) is 0 Å². The molecule has 4 atom stereocenters. The van der Waals surface area contributed by atoms with Gasteiger partial charge in [-0.15, -0.1) is 0 Å². The first kappa shape index (κ1) is 24.5. The molecule has 0 unspecified atom stereocenters. The molecule has 186 valence electrons. The van der Waals surface area contributed by atoms with Crippen LogP contribution in [0.1, 0.15) is 50.2 Å². The van der Waals surface area contributed by atoms with Crippen molar-refractivity contribution in [1.82, 2.24) is 5.32 Å². The van der Waals surface area contributed by atoms with E-state index >= 15 is 0 Å². The van der Waals surface area contributed by atoms with Crippen LogP contribution in [0.2, 0.25) is 0 Å². The first-order valence-corrected chi connectivity index (χ1v) is 13.7. The number of thioether (sulfide) groups is 1. The monoisotopic (exact) mass is 501 g/mol. The van der Waals surface area contributed by atoms with E-state index in [1.54, 1.807) is 0 Å². The lowest BCUT2D eigenvalue weighted by molar-refractivity contribution is -0.126. The van der Waals surface area contributed by atoms with E-state index in [9.17, 15) is 14.9 Å². The van der Waals surface area contributed by atoms with Gasteiger partial charge in [-0.3, -0.25) is 9.59 Å². The minimum atomic E-state index is -0.325. The highest BCUT2D eigenvalue weighted by atomic mass is 32.2. The molecule has 1 fully saturated rings. The van der Waals surface area contributed by atoms with Gasteiger partial charge in [0.25, 0.3) is 0 Å². The number of carbonyl (C=O) groups excluding carboxylic acids is 2. The second kappa shape index (κ2) is 10.4. The van der Waals surface area contributed by atoms with Crippen molar-refractivity contribution in [1.29, 1.82) is 5.26 Å². The Bertz CT molecular complexity index is 1230. The Morgan fingerprint density at radius 1 is 1.22 bits per heavy atom. The van der Waals surface area contributed by atoms with Crippen molar-refractivity contribution in [2.75, 3.05) is 17.3 Å². The van der Waals surface area contributed by atoms with E-state index in [0.29, 0.717) is 18.6 Å². The predicted molar refractivity (Wildman–Crippen MR) is 142 cm³/mol. The lowest BCUT2D eigenvalue weighted by Gasteiger charge is -2.42. The normalized spacial score (nSPS) is 25.0. The maximum atomic E-state index is 13.3. The molecule has 6 nitrogen and oxygen atoms in total. The largest absolute Gasteiger partial charge is 0.494 e. The molecule has 2 aliphatic heterocycles. The molecular weight excluding hydrogens is 470 g/mol. The summed E-state index contributed by atoms with van der Waals surface area (Å²) in [6, 6.07) is 18.3. The molecule has 3 aliphatic rings. The summed E-state index contributed by atoms with van der Waals surface area (Å²) in [5, 5.41) is 14.5. The zero-order chi connectivity index (χ0) is 25.2. The van der Waals surface area contributed by atoms with Crippen molar-refractivity contribution in [3.05, 3.63) is 70.3 Å². The fourth-order valence-electron chi connectivity index (χ4n) is 5.91. The van der Waals surface area contributed by atoms with Gasteiger partial charge in [-0.2, -0.15) is 5.26 Å². The minimum Gasteiger partial charge on any atom is -0.494 e. The van der Waals surface area contributed by atoms with E-state index in [2.05, 4.69) is 24.4 Å². The Hall–Kier alpha value is -3.24. The average Bonchev–Trinajstić information content (AvgIpc) is 3.23. The number of hydrogen-bond donors (Lipinski definition) is 1. The number of hydrogen-bond acceptors (Lipinski definition) is 6. The van der Waals surface area contributed by atoms with Crippen LogP contribution in [0.25, 0.3) is 0 Å². The van der Waals surface area contributed by atoms with Gasteiger partial charge in [0.1, 0.15) is 11.5 Å². The zero-order valence-electron chi connectivity index (χ0n) is 20.7. The van der Waals surface area contributed by atoms with E-state index in [1.807, 2.05) is 54.3 Å². The first-order chi connectivity index (χ1) is 17.5. The Kier molecular flexibility index (Phi) is 7.06. The van der Waals surface area contributed by atoms with Crippen LogP contribution in [0.15, 0.2) is 59.1 Å². The number of nitrogens with zero attached hydrogens (tertiary/aromatic N) is 2. The lowest BCUT2D eigenvalue weighted by Crippen LogP contribution is -2.49. The first-order valence-electron chi connectivity index (χ1n) is 12.7. The van der Waals surface area contributed by atoms with Crippen LogP contribution < -0.4 is 15.0 Å². The third-order valence-corrected chi connectivity index (χ3v) is 8.48. The number of benzene rings is 2. The molecule has 0 saturated heterocycles. The topological polar surface area (TPSA) is 82.4 Å². The van der Waals surface area contributed by atoms with Gasteiger partial charge >= 0.3 is 0 Å². The zero-order valence-corrected chi connectivity index (χ0v) is 21.5. The lowest BCUT2D eigenvalue weighted by atomic mass is 9.68. The number of para-hydroxylation sites is 1. The smallest absolute Gasteiger partial charge is 0.237 e. The van der Waals surface area contributed by atoms with Gasteiger partial charge in [0.05, 0.1) is 29.0 Å². The van der Waals surface area contributed by atoms with E-state index in [1.165, 1.54) is 17.3 Å². The number of nitrogens with one attached hydrogen (secondary N) is 1. The predicted octanol–water partition coefficient (Wildman–Crippen LogP) is 4.96. The third-order valence-electron chi connectivity index (χ3n) is 7.46. The van der Waals surface area contributed by atoms with Gasteiger partial charge in [-0.1, -0.05) is 42.1 Å². The molecular formula is C29H31N3O3S. The Morgan fingerprint density at radius 3 is 2.75 bits per heavy atom. The Labute approximate surface area is 216 Å². The van der Waals surface area contributed by atoms with Crippen LogP contribution in [0, 0.1) is 17.2 Å². The molecule has 1 saturated carbocycles. The molecule has 0 spiro atoms. The number of Topliss-reactive ketones (excluding diaryl/α,β-unsaturated/α-hetero) is 1. The minimum absolute atomic E-state index is 0.0310. The number of ether oxygens (including phenoxy) is 1. The number of fused-ring (bicyclic) bond motifs is 2. The van der Waals surface area contributed by atoms with E-state index < -0.39 is 0 Å². The van der Waals surface area contributed by atoms with Gasteiger partial charge in [0, 0.05) is 36.0 Å². The van der Waals surface area contributed by atoms with Gasteiger partial charge in [0.2, 0.25) is 5.91 Å². The fraction of sp³-hybridized carbons (Fsp3) is 0.414. The maximum Gasteiger partial charge on any atom is 0.237 e. The molecule has 2 aromatic rings. The molecule has 1 N–H and O–H groups in total. The Balaban J connectivity index is 1.43. The van der Waals surface area contributed by atoms with Crippen molar-refractivity contribution in [2.45, 2.75) is 57.5 Å². The molecule has 0 radical (unpaired) electrons. The number of carbonyl (C=O) groups is 2. The standard InChI is InChI=1S/C29H31N3O3S/c1-3-35-21-13-11-19(12-14-21)27-22(16-30)29(31-23-8-6-10-25(33)28(23)27)36-17-26(34)32-18(2)15-20-7-4-5-9-24(20)32/h4-5,7,9,11-14,18,23,27-28,31H,3,6,8,10,15,17H2,1-2H3/t18-,23-,27+,28-/m0/s1. The average molecular weight is 502 g/mol. The molecule has 2 heterocycles. The molecule has 1 aliphatic carbocycles. The number of nitriles is 1. The van der Waals surface area contributed by atoms with Gasteiger partial charge in [-0.05, 0) is 62.4 Å². The summed E-state index contributed by atoms with van der Waals surface area (Å²) in [6.45, 7) is 4.59. The van der Waals surface area contributed by atoms with E-state index in [-0.39, 0.29) is 41.4 Å². The van der Waals surface area contributed by atoms with Crippen molar-refractivity contribution in [3.8, 4) is 11.8 Å². The van der Waals surface area contributed by atoms with Crippen LogP contribution in [0.5, 0.6) is 5.75 Å². The van der Waals surface area contributed by atoms with Gasteiger partial charge in [-0.25, -0.2) is 0 Å². The van der Waals surface area contributed by atoms with Crippen LogP contribution in [-0.4, -0.2) is 36.1 Å². The molecule has 2 aromatic carbocycles. The van der Waals surface area contributed by atoms with E-state index in [4.69, 9.17) is 4.74 Å². The highest BCUT2D eigenvalue weighted by Crippen LogP contribution is 2.45. The second-order valence-electron chi connectivity index (χ2n) is 9.70. The second-order valence-corrected chi connectivity index (χ2v) is 10.7. The highest BCUT2D eigenvalue weighted by Gasteiger charge is 2.45.